The van der Waals surface area contributed by atoms with Gasteiger partial charge in [0, 0.05) is 5.92 Å². The zero-order chi connectivity index (χ0) is 8.39. The summed E-state index contributed by atoms with van der Waals surface area (Å²) >= 11 is 0. The average Bonchev–Trinajstić information content (AvgIpc) is 1.79. The van der Waals surface area contributed by atoms with E-state index in [-0.39, 0.29) is 5.92 Å². The molecule has 2 fully saturated rings. The zero-order valence-electron chi connectivity index (χ0n) is 6.94. The molecule has 0 spiro atoms. The van der Waals surface area contributed by atoms with Gasteiger partial charge in [-0.15, -0.1) is 0 Å². The quantitative estimate of drug-likeness (QED) is 0.590. The molecule has 0 saturated carbocycles. The molecule has 1 atom stereocenters. The lowest BCUT2D eigenvalue weighted by Crippen LogP contribution is -2.41. The first-order chi connectivity index (χ1) is 5.86. The minimum absolute atomic E-state index is 0.186. The molecule has 0 aromatic heterocycles. The largest absolute Gasteiger partial charge is 0.381 e. The SMILES string of the molecule is OC(OCC1COC1)C1COC1. The van der Waals surface area contributed by atoms with Gasteiger partial charge in [-0.25, -0.2) is 0 Å². The first-order valence-corrected chi connectivity index (χ1v) is 4.31. The van der Waals surface area contributed by atoms with Crippen molar-refractivity contribution in [2.24, 2.45) is 11.8 Å². The standard InChI is InChI=1S/C8H14O4/c9-8(7-4-11-5-7)12-3-6-1-10-2-6/h6-9H,1-5H2. The van der Waals surface area contributed by atoms with Gasteiger partial charge in [-0.2, -0.15) is 0 Å². The second kappa shape index (κ2) is 3.70. The smallest absolute Gasteiger partial charge is 0.161 e. The number of hydrogen-bond donors (Lipinski definition) is 1. The van der Waals surface area contributed by atoms with E-state index in [2.05, 4.69) is 0 Å². The monoisotopic (exact) mass is 174 g/mol. The van der Waals surface area contributed by atoms with Gasteiger partial charge in [0.1, 0.15) is 0 Å². The highest BCUT2D eigenvalue weighted by molar-refractivity contribution is 4.70. The molecule has 12 heavy (non-hydrogen) atoms. The Balaban J connectivity index is 1.58. The molecule has 0 aromatic carbocycles. The predicted octanol–water partition coefficient (Wildman–Crippen LogP) is -0.386. The third-order valence-electron chi connectivity index (χ3n) is 2.28. The van der Waals surface area contributed by atoms with Crippen LogP contribution in [0.25, 0.3) is 0 Å². The maximum atomic E-state index is 9.39. The van der Waals surface area contributed by atoms with E-state index in [4.69, 9.17) is 14.2 Å². The highest BCUT2D eigenvalue weighted by Crippen LogP contribution is 2.18. The van der Waals surface area contributed by atoms with Crippen molar-refractivity contribution in [3.05, 3.63) is 0 Å². The van der Waals surface area contributed by atoms with Crippen molar-refractivity contribution in [1.29, 1.82) is 0 Å². The highest BCUT2D eigenvalue weighted by atomic mass is 16.6. The Morgan fingerprint density at radius 3 is 2.33 bits per heavy atom. The van der Waals surface area contributed by atoms with E-state index in [1.807, 2.05) is 0 Å². The normalized spacial score (nSPS) is 27.8. The molecule has 2 saturated heterocycles. The molecule has 4 nitrogen and oxygen atoms in total. The molecule has 0 aliphatic carbocycles. The third-order valence-corrected chi connectivity index (χ3v) is 2.28. The van der Waals surface area contributed by atoms with Crippen molar-refractivity contribution >= 4 is 0 Å². The van der Waals surface area contributed by atoms with Gasteiger partial charge in [0.2, 0.25) is 0 Å². The molecule has 2 aliphatic rings. The molecule has 0 aromatic rings. The second-order valence-electron chi connectivity index (χ2n) is 3.42. The molecule has 1 N–H and O–H groups in total. The fraction of sp³-hybridized carbons (Fsp3) is 1.00. The third kappa shape index (κ3) is 1.77. The predicted molar refractivity (Wildman–Crippen MR) is 40.6 cm³/mol. The maximum absolute atomic E-state index is 9.39. The van der Waals surface area contributed by atoms with Crippen LogP contribution in [0.4, 0.5) is 0 Å². The van der Waals surface area contributed by atoms with Gasteiger partial charge in [0.25, 0.3) is 0 Å². The van der Waals surface area contributed by atoms with Crippen LogP contribution in [-0.4, -0.2) is 44.4 Å². The van der Waals surface area contributed by atoms with E-state index in [1.165, 1.54) is 0 Å². The van der Waals surface area contributed by atoms with Gasteiger partial charge < -0.3 is 19.3 Å². The van der Waals surface area contributed by atoms with Crippen molar-refractivity contribution in [2.45, 2.75) is 6.29 Å². The van der Waals surface area contributed by atoms with Crippen LogP contribution in [0.2, 0.25) is 0 Å². The molecule has 1 unspecified atom stereocenters. The number of ether oxygens (including phenoxy) is 3. The Hall–Kier alpha value is -0.160. The van der Waals surface area contributed by atoms with Gasteiger partial charge >= 0.3 is 0 Å². The molecular formula is C8H14O4. The van der Waals surface area contributed by atoms with Crippen LogP contribution in [0, 0.1) is 11.8 Å². The molecule has 2 heterocycles. The summed E-state index contributed by atoms with van der Waals surface area (Å²) in [5, 5.41) is 9.39. The zero-order valence-corrected chi connectivity index (χ0v) is 6.94. The van der Waals surface area contributed by atoms with Gasteiger partial charge in [-0.1, -0.05) is 0 Å². The first-order valence-electron chi connectivity index (χ1n) is 4.31. The van der Waals surface area contributed by atoms with E-state index < -0.39 is 6.29 Å². The van der Waals surface area contributed by atoms with Gasteiger partial charge in [-0.05, 0) is 0 Å². The number of aliphatic hydroxyl groups is 1. The molecule has 2 aliphatic heterocycles. The topological polar surface area (TPSA) is 47.9 Å². The van der Waals surface area contributed by atoms with Crippen LogP contribution in [0.15, 0.2) is 0 Å². The van der Waals surface area contributed by atoms with Crippen molar-refractivity contribution in [3.8, 4) is 0 Å². The summed E-state index contributed by atoms with van der Waals surface area (Å²) in [5.41, 5.74) is 0. The van der Waals surface area contributed by atoms with Crippen molar-refractivity contribution in [3.63, 3.8) is 0 Å². The van der Waals surface area contributed by atoms with Gasteiger partial charge in [0.15, 0.2) is 6.29 Å². The van der Waals surface area contributed by atoms with E-state index >= 15 is 0 Å². The molecule has 0 amide bonds. The van der Waals surface area contributed by atoms with Crippen LogP contribution in [0.3, 0.4) is 0 Å². The van der Waals surface area contributed by atoms with E-state index in [9.17, 15) is 5.11 Å². The summed E-state index contributed by atoms with van der Waals surface area (Å²) in [6.07, 6.45) is -0.639. The minimum atomic E-state index is -0.639. The van der Waals surface area contributed by atoms with Crippen LogP contribution < -0.4 is 0 Å². The Morgan fingerprint density at radius 1 is 1.25 bits per heavy atom. The Labute approximate surface area is 71.4 Å². The molecule has 0 bridgehead atoms. The van der Waals surface area contributed by atoms with Gasteiger partial charge in [-0.3, -0.25) is 0 Å². The summed E-state index contributed by atoms with van der Waals surface area (Å²) in [7, 11) is 0. The number of hydrogen-bond acceptors (Lipinski definition) is 4. The Bertz CT molecular complexity index is 142. The molecule has 4 heteroatoms. The average molecular weight is 174 g/mol. The van der Waals surface area contributed by atoms with Crippen molar-refractivity contribution in [1.82, 2.24) is 0 Å². The summed E-state index contributed by atoms with van der Waals surface area (Å²) in [5.74, 6) is 0.673. The molecule has 2 rings (SSSR count). The lowest BCUT2D eigenvalue weighted by molar-refractivity contribution is -0.215. The van der Waals surface area contributed by atoms with E-state index in [0.29, 0.717) is 25.7 Å². The fourth-order valence-electron chi connectivity index (χ4n) is 1.17. The number of aliphatic hydroxyl groups excluding tert-OH is 1. The Kier molecular flexibility index (Phi) is 2.60. The highest BCUT2D eigenvalue weighted by Gasteiger charge is 2.29. The summed E-state index contributed by atoms with van der Waals surface area (Å²) in [6, 6.07) is 0. The molecular weight excluding hydrogens is 160 g/mol. The Morgan fingerprint density at radius 2 is 1.92 bits per heavy atom. The first kappa shape index (κ1) is 8.44. The van der Waals surface area contributed by atoms with Crippen LogP contribution in [-0.2, 0) is 14.2 Å². The van der Waals surface area contributed by atoms with Crippen LogP contribution in [0.5, 0.6) is 0 Å². The van der Waals surface area contributed by atoms with E-state index in [0.717, 1.165) is 13.2 Å². The van der Waals surface area contributed by atoms with E-state index in [1.54, 1.807) is 0 Å². The van der Waals surface area contributed by atoms with Crippen LogP contribution >= 0.6 is 0 Å². The van der Waals surface area contributed by atoms with Crippen LogP contribution in [0.1, 0.15) is 0 Å². The minimum Gasteiger partial charge on any atom is -0.381 e. The fourth-order valence-corrected chi connectivity index (χ4v) is 1.17. The van der Waals surface area contributed by atoms with Crippen molar-refractivity contribution in [2.75, 3.05) is 33.0 Å². The van der Waals surface area contributed by atoms with Crippen molar-refractivity contribution < 1.29 is 19.3 Å². The summed E-state index contributed by atoms with van der Waals surface area (Å²) in [4.78, 5) is 0. The molecule has 70 valence electrons. The maximum Gasteiger partial charge on any atom is 0.161 e. The second-order valence-corrected chi connectivity index (χ2v) is 3.42. The number of rotatable bonds is 4. The van der Waals surface area contributed by atoms with Gasteiger partial charge in [0.05, 0.1) is 39.0 Å². The molecule has 0 radical (unpaired) electrons. The summed E-state index contributed by atoms with van der Waals surface area (Å²) in [6.45, 7) is 3.41. The summed E-state index contributed by atoms with van der Waals surface area (Å²) < 4.78 is 15.2. The lowest BCUT2D eigenvalue weighted by Gasteiger charge is -2.32. The lowest BCUT2D eigenvalue weighted by atomic mass is 10.1.